The zero-order valence-electron chi connectivity index (χ0n) is 9.48. The molecule has 0 unspecified atom stereocenters. The molecule has 3 aromatic heterocycles. The SMILES string of the molecule is Cn1cc(-c2cn3ccnc(C(=O)O)c3n2)cn1. The Hall–Kier alpha value is -2.70. The van der Waals surface area contributed by atoms with Gasteiger partial charge in [0.1, 0.15) is 0 Å². The smallest absolute Gasteiger partial charge is 0.358 e. The number of carboxylic acid groups (broad SMARTS) is 1. The molecule has 0 amide bonds. The summed E-state index contributed by atoms with van der Waals surface area (Å²) in [5.41, 5.74) is 1.76. The van der Waals surface area contributed by atoms with Crippen LogP contribution >= 0.6 is 0 Å². The molecule has 3 heterocycles. The van der Waals surface area contributed by atoms with Crippen LogP contribution in [0.25, 0.3) is 16.9 Å². The second-order valence-electron chi connectivity index (χ2n) is 3.84. The Morgan fingerprint density at radius 3 is 2.89 bits per heavy atom. The highest BCUT2D eigenvalue weighted by Gasteiger charge is 2.14. The molecule has 0 saturated carbocycles. The number of aromatic carboxylic acids is 1. The zero-order chi connectivity index (χ0) is 12.7. The first-order chi connectivity index (χ1) is 8.65. The Labute approximate surface area is 101 Å². The first kappa shape index (κ1) is 10.5. The minimum Gasteiger partial charge on any atom is -0.476 e. The molecule has 3 rings (SSSR count). The summed E-state index contributed by atoms with van der Waals surface area (Å²) in [4.78, 5) is 19.1. The molecule has 0 saturated heterocycles. The summed E-state index contributed by atoms with van der Waals surface area (Å²) in [6.45, 7) is 0. The van der Waals surface area contributed by atoms with Crippen LogP contribution in [0.2, 0.25) is 0 Å². The number of aromatic nitrogens is 5. The van der Waals surface area contributed by atoms with Crippen molar-refractivity contribution in [2.24, 2.45) is 7.05 Å². The van der Waals surface area contributed by atoms with E-state index in [9.17, 15) is 4.79 Å². The lowest BCUT2D eigenvalue weighted by Gasteiger charge is -1.95. The van der Waals surface area contributed by atoms with Gasteiger partial charge in [0.25, 0.3) is 0 Å². The van der Waals surface area contributed by atoms with Crippen LogP contribution in [0.15, 0.2) is 31.0 Å². The quantitative estimate of drug-likeness (QED) is 0.720. The Balaban J connectivity index is 2.22. The predicted octanol–water partition coefficient (Wildman–Crippen LogP) is 0.828. The molecule has 0 radical (unpaired) electrons. The maximum Gasteiger partial charge on any atom is 0.358 e. The molecule has 90 valence electrons. The molecule has 18 heavy (non-hydrogen) atoms. The van der Waals surface area contributed by atoms with Crippen molar-refractivity contribution < 1.29 is 9.90 Å². The second kappa shape index (κ2) is 3.66. The Kier molecular flexibility index (Phi) is 2.12. The van der Waals surface area contributed by atoms with E-state index in [0.29, 0.717) is 11.3 Å². The lowest BCUT2D eigenvalue weighted by atomic mass is 10.3. The number of hydrogen-bond acceptors (Lipinski definition) is 4. The minimum absolute atomic E-state index is 0.0624. The van der Waals surface area contributed by atoms with Crippen LogP contribution in [-0.4, -0.2) is 35.2 Å². The first-order valence-electron chi connectivity index (χ1n) is 5.21. The molecular formula is C11H9N5O2. The summed E-state index contributed by atoms with van der Waals surface area (Å²) in [5, 5.41) is 13.1. The van der Waals surface area contributed by atoms with Crippen molar-refractivity contribution in [2.45, 2.75) is 0 Å². The Morgan fingerprint density at radius 2 is 2.22 bits per heavy atom. The van der Waals surface area contributed by atoms with Crippen LogP contribution in [0.1, 0.15) is 10.5 Å². The van der Waals surface area contributed by atoms with Crippen molar-refractivity contribution in [3.05, 3.63) is 36.7 Å². The van der Waals surface area contributed by atoms with Gasteiger partial charge >= 0.3 is 5.97 Å². The summed E-state index contributed by atoms with van der Waals surface area (Å²) in [7, 11) is 1.81. The van der Waals surface area contributed by atoms with Crippen LogP contribution in [0.5, 0.6) is 0 Å². The molecule has 3 aromatic rings. The van der Waals surface area contributed by atoms with Gasteiger partial charge in [0.15, 0.2) is 11.3 Å². The molecule has 0 fully saturated rings. The summed E-state index contributed by atoms with van der Waals surface area (Å²) in [6.07, 6.45) is 8.34. The maximum absolute atomic E-state index is 11.0. The Morgan fingerprint density at radius 1 is 1.39 bits per heavy atom. The molecule has 0 atom stereocenters. The molecule has 0 aliphatic rings. The average molecular weight is 243 g/mol. The van der Waals surface area contributed by atoms with Crippen molar-refractivity contribution in [2.75, 3.05) is 0 Å². The third-order valence-electron chi connectivity index (χ3n) is 2.58. The number of fused-ring (bicyclic) bond motifs is 1. The van der Waals surface area contributed by atoms with Crippen molar-refractivity contribution in [1.82, 2.24) is 24.1 Å². The molecule has 0 spiro atoms. The molecule has 7 heteroatoms. The summed E-state index contributed by atoms with van der Waals surface area (Å²) >= 11 is 0. The zero-order valence-corrected chi connectivity index (χ0v) is 9.48. The van der Waals surface area contributed by atoms with E-state index in [2.05, 4.69) is 15.1 Å². The third-order valence-corrected chi connectivity index (χ3v) is 2.58. The molecule has 0 aromatic carbocycles. The maximum atomic E-state index is 11.0. The molecule has 1 N–H and O–H groups in total. The van der Waals surface area contributed by atoms with Gasteiger partial charge in [-0.25, -0.2) is 14.8 Å². The van der Waals surface area contributed by atoms with Gasteiger partial charge < -0.3 is 9.51 Å². The van der Waals surface area contributed by atoms with Gasteiger partial charge in [-0.1, -0.05) is 0 Å². The van der Waals surface area contributed by atoms with Crippen molar-refractivity contribution in [3.63, 3.8) is 0 Å². The van der Waals surface area contributed by atoms with Crippen molar-refractivity contribution >= 4 is 11.6 Å². The van der Waals surface area contributed by atoms with Gasteiger partial charge in [0.05, 0.1) is 11.9 Å². The van der Waals surface area contributed by atoms with Crippen LogP contribution in [0.4, 0.5) is 0 Å². The topological polar surface area (TPSA) is 85.3 Å². The van der Waals surface area contributed by atoms with Crippen molar-refractivity contribution in [3.8, 4) is 11.3 Å². The van der Waals surface area contributed by atoms with Gasteiger partial charge in [-0.2, -0.15) is 5.10 Å². The molecule has 0 aliphatic heterocycles. The number of hydrogen-bond donors (Lipinski definition) is 1. The average Bonchev–Trinajstić information content (AvgIpc) is 2.93. The highest BCUT2D eigenvalue weighted by Crippen LogP contribution is 2.19. The first-order valence-corrected chi connectivity index (χ1v) is 5.21. The summed E-state index contributed by atoms with van der Waals surface area (Å²) in [6, 6.07) is 0. The molecule has 0 aliphatic carbocycles. The predicted molar refractivity (Wildman–Crippen MR) is 62.1 cm³/mol. The van der Waals surface area contributed by atoms with E-state index in [4.69, 9.17) is 5.11 Å². The van der Waals surface area contributed by atoms with E-state index in [1.807, 2.05) is 13.2 Å². The lowest BCUT2D eigenvalue weighted by Crippen LogP contribution is -2.03. The van der Waals surface area contributed by atoms with E-state index in [1.54, 1.807) is 27.7 Å². The molecular weight excluding hydrogens is 234 g/mol. The second-order valence-corrected chi connectivity index (χ2v) is 3.84. The number of imidazole rings is 1. The van der Waals surface area contributed by atoms with Gasteiger partial charge in [-0.15, -0.1) is 0 Å². The fourth-order valence-electron chi connectivity index (χ4n) is 1.76. The highest BCUT2D eigenvalue weighted by molar-refractivity contribution is 5.92. The fraction of sp³-hybridized carbons (Fsp3) is 0.0909. The monoisotopic (exact) mass is 243 g/mol. The van der Waals surface area contributed by atoms with E-state index in [0.717, 1.165) is 5.56 Å². The largest absolute Gasteiger partial charge is 0.476 e. The normalized spacial score (nSPS) is 10.9. The van der Waals surface area contributed by atoms with Crippen molar-refractivity contribution in [1.29, 1.82) is 0 Å². The third kappa shape index (κ3) is 1.53. The van der Waals surface area contributed by atoms with Gasteiger partial charge in [-0.3, -0.25) is 4.68 Å². The van der Waals surface area contributed by atoms with Crippen LogP contribution in [0, 0.1) is 0 Å². The summed E-state index contributed by atoms with van der Waals surface area (Å²) < 4.78 is 3.30. The summed E-state index contributed by atoms with van der Waals surface area (Å²) in [5.74, 6) is -1.09. The number of nitrogens with zero attached hydrogens (tertiary/aromatic N) is 5. The molecule has 7 nitrogen and oxygen atoms in total. The van der Waals surface area contributed by atoms with Crippen LogP contribution in [0.3, 0.4) is 0 Å². The van der Waals surface area contributed by atoms with Crippen LogP contribution in [-0.2, 0) is 7.05 Å². The highest BCUT2D eigenvalue weighted by atomic mass is 16.4. The number of carboxylic acids is 1. The van der Waals surface area contributed by atoms with Crippen LogP contribution < -0.4 is 0 Å². The van der Waals surface area contributed by atoms with Gasteiger partial charge in [0, 0.05) is 37.4 Å². The Bertz CT molecular complexity index is 743. The van der Waals surface area contributed by atoms with E-state index in [-0.39, 0.29) is 5.69 Å². The number of aryl methyl sites for hydroxylation is 1. The van der Waals surface area contributed by atoms with E-state index < -0.39 is 5.97 Å². The standard InChI is InChI=1S/C11H9N5O2/c1-15-5-7(4-13-15)8-6-16-3-2-12-9(11(17)18)10(16)14-8/h2-6H,1H3,(H,17,18). The lowest BCUT2D eigenvalue weighted by molar-refractivity contribution is 0.0692. The van der Waals surface area contributed by atoms with E-state index in [1.165, 1.54) is 6.20 Å². The number of carbonyl (C=O) groups is 1. The number of rotatable bonds is 2. The fourth-order valence-corrected chi connectivity index (χ4v) is 1.76. The van der Waals surface area contributed by atoms with Gasteiger partial charge in [-0.05, 0) is 0 Å². The molecule has 0 bridgehead atoms. The van der Waals surface area contributed by atoms with Gasteiger partial charge in [0.2, 0.25) is 0 Å². The van der Waals surface area contributed by atoms with E-state index >= 15 is 0 Å². The minimum atomic E-state index is -1.09.